The molecule has 1 aliphatic rings. The number of benzene rings is 3. The van der Waals surface area contributed by atoms with Gasteiger partial charge >= 0.3 is 6.18 Å². The third kappa shape index (κ3) is 4.82. The van der Waals surface area contributed by atoms with E-state index in [1.807, 2.05) is 66.4 Å². The van der Waals surface area contributed by atoms with Crippen molar-refractivity contribution in [2.24, 2.45) is 0 Å². The summed E-state index contributed by atoms with van der Waals surface area (Å²) in [5, 5.41) is 4.55. The van der Waals surface area contributed by atoms with Crippen LogP contribution in [0.3, 0.4) is 0 Å². The molecule has 184 valence electrons. The largest absolute Gasteiger partial charge is 0.416 e. The Morgan fingerprint density at radius 1 is 0.833 bits per heavy atom. The molecule has 1 amide bonds. The van der Waals surface area contributed by atoms with Gasteiger partial charge in [-0.25, -0.2) is 9.67 Å². The monoisotopic (exact) mass is 491 g/mol. The third-order valence-electron chi connectivity index (χ3n) is 6.21. The number of carbonyl (C=O) groups excluding carboxylic acids is 1. The predicted molar refractivity (Wildman–Crippen MR) is 131 cm³/mol. The number of piperazine rings is 1. The number of halogens is 3. The van der Waals surface area contributed by atoms with Crippen LogP contribution in [0.25, 0.3) is 17.1 Å². The van der Waals surface area contributed by atoms with Crippen molar-refractivity contribution < 1.29 is 18.0 Å². The molecule has 1 saturated heterocycles. The lowest BCUT2D eigenvalue weighted by Gasteiger charge is -2.35. The van der Waals surface area contributed by atoms with Crippen LogP contribution in [0, 0.1) is 6.92 Å². The molecular formula is C27H24F3N5O. The summed E-state index contributed by atoms with van der Waals surface area (Å²) in [6.45, 7) is 3.54. The molecule has 36 heavy (non-hydrogen) atoms. The van der Waals surface area contributed by atoms with E-state index in [9.17, 15) is 18.0 Å². The second-order valence-electron chi connectivity index (χ2n) is 8.70. The number of hydrogen-bond donors (Lipinski definition) is 0. The Bertz CT molecular complexity index is 1360. The molecule has 0 unspecified atom stereocenters. The minimum Gasteiger partial charge on any atom is -0.368 e. The van der Waals surface area contributed by atoms with Gasteiger partial charge in [0, 0.05) is 37.4 Å². The van der Waals surface area contributed by atoms with E-state index >= 15 is 0 Å². The predicted octanol–water partition coefficient (Wildman–Crippen LogP) is 5.22. The van der Waals surface area contributed by atoms with Gasteiger partial charge in [0.25, 0.3) is 5.91 Å². The summed E-state index contributed by atoms with van der Waals surface area (Å²) in [4.78, 5) is 21.4. The standard InChI is InChI=1S/C27H24F3N5O/c1-19-10-12-22(13-11-19)35-25(20-6-3-2-4-7-20)31-24(32-35)26(36)34-16-14-33(15-17-34)23-9-5-8-21(18-23)27(28,29)30/h2-13,18H,14-17H2,1H3. The van der Waals surface area contributed by atoms with E-state index in [-0.39, 0.29) is 11.7 Å². The van der Waals surface area contributed by atoms with Gasteiger partial charge in [-0.3, -0.25) is 4.79 Å². The maximum Gasteiger partial charge on any atom is 0.416 e. The Labute approximate surface area is 206 Å². The molecule has 0 atom stereocenters. The minimum absolute atomic E-state index is 0.0851. The number of aryl methyl sites for hydroxylation is 1. The van der Waals surface area contributed by atoms with Crippen molar-refractivity contribution in [1.82, 2.24) is 19.7 Å². The summed E-state index contributed by atoms with van der Waals surface area (Å²) in [6.07, 6.45) is -4.40. The van der Waals surface area contributed by atoms with Crippen LogP contribution in [0.2, 0.25) is 0 Å². The summed E-state index contributed by atoms with van der Waals surface area (Å²) < 4.78 is 41.0. The van der Waals surface area contributed by atoms with Gasteiger partial charge in [0.15, 0.2) is 5.82 Å². The van der Waals surface area contributed by atoms with Crippen LogP contribution in [0.1, 0.15) is 21.7 Å². The number of nitrogens with zero attached hydrogens (tertiary/aromatic N) is 5. The highest BCUT2D eigenvalue weighted by atomic mass is 19.4. The quantitative estimate of drug-likeness (QED) is 0.393. The highest BCUT2D eigenvalue weighted by Gasteiger charge is 2.32. The van der Waals surface area contributed by atoms with Crippen LogP contribution < -0.4 is 4.90 Å². The molecule has 3 aromatic carbocycles. The van der Waals surface area contributed by atoms with Crippen LogP contribution in [-0.4, -0.2) is 51.8 Å². The smallest absolute Gasteiger partial charge is 0.368 e. The number of alkyl halides is 3. The lowest BCUT2D eigenvalue weighted by Crippen LogP contribution is -2.49. The van der Waals surface area contributed by atoms with Gasteiger partial charge in [0.2, 0.25) is 5.82 Å². The minimum atomic E-state index is -4.40. The first-order valence-electron chi connectivity index (χ1n) is 11.6. The Balaban J connectivity index is 1.37. The molecular weight excluding hydrogens is 467 g/mol. The fraction of sp³-hybridized carbons (Fsp3) is 0.222. The Morgan fingerprint density at radius 2 is 1.53 bits per heavy atom. The van der Waals surface area contributed by atoms with Crippen LogP contribution in [0.4, 0.5) is 18.9 Å². The van der Waals surface area contributed by atoms with E-state index < -0.39 is 11.7 Å². The van der Waals surface area contributed by atoms with Crippen molar-refractivity contribution in [1.29, 1.82) is 0 Å². The highest BCUT2D eigenvalue weighted by Crippen LogP contribution is 2.32. The molecule has 5 rings (SSSR count). The molecule has 6 nitrogen and oxygen atoms in total. The molecule has 9 heteroatoms. The van der Waals surface area contributed by atoms with Gasteiger partial charge in [-0.2, -0.15) is 13.2 Å². The SMILES string of the molecule is Cc1ccc(-n2nc(C(=O)N3CCN(c4cccc(C(F)(F)F)c4)CC3)nc2-c2ccccc2)cc1. The summed E-state index contributed by atoms with van der Waals surface area (Å²) in [6, 6.07) is 22.6. The van der Waals surface area contributed by atoms with Crippen LogP contribution >= 0.6 is 0 Å². The van der Waals surface area contributed by atoms with E-state index in [1.165, 1.54) is 6.07 Å². The number of amides is 1. The number of aromatic nitrogens is 3. The van der Waals surface area contributed by atoms with Crippen LogP contribution in [0.15, 0.2) is 78.9 Å². The molecule has 0 spiro atoms. The Kier molecular flexibility index (Phi) is 6.22. The topological polar surface area (TPSA) is 54.3 Å². The number of anilines is 1. The first-order chi connectivity index (χ1) is 17.3. The average Bonchev–Trinajstić information content (AvgIpc) is 3.34. The third-order valence-corrected chi connectivity index (χ3v) is 6.21. The van der Waals surface area contributed by atoms with Crippen LogP contribution in [-0.2, 0) is 6.18 Å². The molecule has 4 aromatic rings. The maximum absolute atomic E-state index is 13.3. The first kappa shape index (κ1) is 23.6. The summed E-state index contributed by atoms with van der Waals surface area (Å²) in [7, 11) is 0. The fourth-order valence-corrected chi connectivity index (χ4v) is 4.23. The van der Waals surface area contributed by atoms with Gasteiger partial charge in [-0.15, -0.1) is 5.10 Å². The van der Waals surface area contributed by atoms with E-state index in [1.54, 1.807) is 15.6 Å². The molecule has 1 aromatic heterocycles. The molecule has 0 saturated carbocycles. The number of hydrogen-bond acceptors (Lipinski definition) is 4. The first-order valence-corrected chi connectivity index (χ1v) is 11.6. The Hall–Kier alpha value is -4.14. The fourth-order valence-electron chi connectivity index (χ4n) is 4.23. The van der Waals surface area contributed by atoms with Crippen molar-refractivity contribution in [3.8, 4) is 17.1 Å². The van der Waals surface area contributed by atoms with Crippen molar-refractivity contribution in [3.05, 3.63) is 95.8 Å². The van der Waals surface area contributed by atoms with Crippen molar-refractivity contribution >= 4 is 11.6 Å². The molecule has 0 N–H and O–H groups in total. The van der Waals surface area contributed by atoms with Gasteiger partial charge in [0.1, 0.15) is 0 Å². The normalized spacial score (nSPS) is 14.2. The van der Waals surface area contributed by atoms with Crippen molar-refractivity contribution in [2.45, 2.75) is 13.1 Å². The lowest BCUT2D eigenvalue weighted by atomic mass is 10.1. The summed E-state index contributed by atoms with van der Waals surface area (Å²) in [5.41, 5.74) is 2.54. The lowest BCUT2D eigenvalue weighted by molar-refractivity contribution is -0.137. The van der Waals surface area contributed by atoms with Crippen molar-refractivity contribution in [3.63, 3.8) is 0 Å². The van der Waals surface area contributed by atoms with Gasteiger partial charge in [-0.05, 0) is 37.3 Å². The van der Waals surface area contributed by atoms with Gasteiger partial charge < -0.3 is 9.80 Å². The van der Waals surface area contributed by atoms with Crippen molar-refractivity contribution in [2.75, 3.05) is 31.1 Å². The zero-order chi connectivity index (χ0) is 25.3. The van der Waals surface area contributed by atoms with Gasteiger partial charge in [-0.1, -0.05) is 54.1 Å². The second-order valence-corrected chi connectivity index (χ2v) is 8.70. The molecule has 1 fully saturated rings. The summed E-state index contributed by atoms with van der Waals surface area (Å²) >= 11 is 0. The Morgan fingerprint density at radius 3 is 2.19 bits per heavy atom. The molecule has 2 heterocycles. The zero-order valence-electron chi connectivity index (χ0n) is 19.6. The van der Waals surface area contributed by atoms with E-state index in [0.29, 0.717) is 37.7 Å². The molecule has 0 radical (unpaired) electrons. The van der Waals surface area contributed by atoms with E-state index in [0.717, 1.165) is 28.9 Å². The number of rotatable bonds is 4. The number of carbonyl (C=O) groups is 1. The highest BCUT2D eigenvalue weighted by molar-refractivity contribution is 5.91. The molecule has 0 bridgehead atoms. The maximum atomic E-state index is 13.3. The van der Waals surface area contributed by atoms with E-state index in [2.05, 4.69) is 10.1 Å². The summed E-state index contributed by atoms with van der Waals surface area (Å²) in [5.74, 6) is 0.342. The molecule has 1 aliphatic heterocycles. The van der Waals surface area contributed by atoms with Crippen LogP contribution in [0.5, 0.6) is 0 Å². The average molecular weight is 492 g/mol. The molecule has 0 aliphatic carbocycles. The van der Waals surface area contributed by atoms with Gasteiger partial charge in [0.05, 0.1) is 11.3 Å². The second kappa shape index (κ2) is 9.49. The zero-order valence-corrected chi connectivity index (χ0v) is 19.6. The van der Waals surface area contributed by atoms with E-state index in [4.69, 9.17) is 0 Å².